The van der Waals surface area contributed by atoms with Gasteiger partial charge in [0.15, 0.2) is 0 Å². The molecular weight excluding hydrogens is 311 g/mol. The Balaban J connectivity index is 2.09. The van der Waals surface area contributed by atoms with E-state index in [4.69, 9.17) is 4.74 Å². The Labute approximate surface area is 132 Å². The number of halogens is 3. The Kier molecular flexibility index (Phi) is 4.50. The third-order valence-corrected chi connectivity index (χ3v) is 3.64. The molecule has 0 radical (unpaired) electrons. The second-order valence-electron chi connectivity index (χ2n) is 6.68. The largest absolute Gasteiger partial charge is 0.508 e. The highest BCUT2D eigenvalue weighted by Gasteiger charge is 2.34. The number of alkyl halides is 3. The molecule has 0 saturated carbocycles. The number of nitrogens with zero attached hydrogens (tertiary/aromatic N) is 1. The van der Waals surface area contributed by atoms with Crippen LogP contribution in [0.5, 0.6) is 5.75 Å². The van der Waals surface area contributed by atoms with Crippen molar-refractivity contribution in [3.63, 3.8) is 0 Å². The summed E-state index contributed by atoms with van der Waals surface area (Å²) >= 11 is 0. The summed E-state index contributed by atoms with van der Waals surface area (Å²) in [4.78, 5) is 13.5. The van der Waals surface area contributed by atoms with Crippen LogP contribution in [0, 0.1) is 0 Å². The van der Waals surface area contributed by atoms with Gasteiger partial charge in [0.2, 0.25) is 0 Å². The molecule has 0 bridgehead atoms. The average molecular weight is 331 g/mol. The predicted molar refractivity (Wildman–Crippen MR) is 78.3 cm³/mol. The molecule has 1 N–H and O–H groups in total. The molecule has 2 rings (SSSR count). The van der Waals surface area contributed by atoms with Gasteiger partial charge >= 0.3 is 12.3 Å². The minimum atomic E-state index is -4.49. The maximum Gasteiger partial charge on any atom is 0.416 e. The third kappa shape index (κ3) is 4.30. The van der Waals surface area contributed by atoms with Crippen LogP contribution in [0.1, 0.15) is 44.2 Å². The van der Waals surface area contributed by atoms with E-state index >= 15 is 0 Å². The Morgan fingerprint density at radius 1 is 1.30 bits per heavy atom. The van der Waals surface area contributed by atoms with Crippen LogP contribution < -0.4 is 0 Å². The van der Waals surface area contributed by atoms with Crippen molar-refractivity contribution in [1.82, 2.24) is 4.90 Å². The molecule has 0 aromatic heterocycles. The lowest BCUT2D eigenvalue weighted by Gasteiger charge is -2.24. The smallest absolute Gasteiger partial charge is 0.416 e. The number of carbonyl (C=O) groups is 1. The number of phenolic OH excluding ortho intramolecular Hbond substituents is 1. The fourth-order valence-corrected chi connectivity index (χ4v) is 2.57. The molecule has 1 aliphatic heterocycles. The molecule has 4 nitrogen and oxygen atoms in total. The van der Waals surface area contributed by atoms with Crippen molar-refractivity contribution >= 4 is 6.09 Å². The van der Waals surface area contributed by atoms with Crippen LogP contribution in [-0.2, 0) is 10.9 Å². The Hall–Kier alpha value is -1.92. The predicted octanol–water partition coefficient (Wildman–Crippen LogP) is 4.14. The first-order valence-electron chi connectivity index (χ1n) is 7.35. The number of carbonyl (C=O) groups excluding carboxylic acids is 1. The quantitative estimate of drug-likeness (QED) is 0.841. The maximum absolute atomic E-state index is 12.6. The monoisotopic (exact) mass is 331 g/mol. The number of phenols is 1. The van der Waals surface area contributed by atoms with Crippen molar-refractivity contribution in [2.45, 2.75) is 44.9 Å². The lowest BCUT2D eigenvalue weighted by molar-refractivity contribution is -0.137. The van der Waals surface area contributed by atoms with Crippen molar-refractivity contribution < 1.29 is 27.8 Å². The molecule has 1 aromatic carbocycles. The van der Waals surface area contributed by atoms with Crippen LogP contribution in [0.25, 0.3) is 0 Å². The Morgan fingerprint density at radius 2 is 1.96 bits per heavy atom. The standard InChI is InChI=1S/C16H20F3NO3/c1-15(2,3)23-14(22)20-7-6-10(9-20)12-5-4-11(8-13(12)21)16(17,18)19/h4-5,8,10,21H,6-7,9H2,1-3H3. The van der Waals surface area contributed by atoms with E-state index in [-0.39, 0.29) is 5.92 Å². The van der Waals surface area contributed by atoms with E-state index in [2.05, 4.69) is 0 Å². The highest BCUT2D eigenvalue weighted by molar-refractivity contribution is 5.68. The van der Waals surface area contributed by atoms with E-state index in [1.54, 1.807) is 20.8 Å². The van der Waals surface area contributed by atoms with Crippen LogP contribution in [0.3, 0.4) is 0 Å². The van der Waals surface area contributed by atoms with Crippen molar-refractivity contribution in [2.75, 3.05) is 13.1 Å². The number of ether oxygens (including phenoxy) is 1. The van der Waals surface area contributed by atoms with Crippen molar-refractivity contribution in [2.24, 2.45) is 0 Å². The van der Waals surface area contributed by atoms with Crippen molar-refractivity contribution in [3.05, 3.63) is 29.3 Å². The van der Waals surface area contributed by atoms with Gasteiger partial charge in [-0.15, -0.1) is 0 Å². The summed E-state index contributed by atoms with van der Waals surface area (Å²) in [5.41, 5.74) is -1.07. The summed E-state index contributed by atoms with van der Waals surface area (Å²) in [5, 5.41) is 9.89. The molecule has 1 atom stereocenters. The minimum absolute atomic E-state index is 0.204. The van der Waals surface area contributed by atoms with E-state index in [0.717, 1.165) is 12.1 Å². The zero-order valence-corrected chi connectivity index (χ0v) is 13.3. The molecular formula is C16H20F3NO3. The van der Waals surface area contributed by atoms with Crippen molar-refractivity contribution in [3.8, 4) is 5.75 Å². The van der Waals surface area contributed by atoms with E-state index in [1.807, 2.05) is 0 Å². The molecule has 1 amide bonds. The average Bonchev–Trinajstić information content (AvgIpc) is 2.85. The molecule has 128 valence electrons. The molecule has 1 heterocycles. The Morgan fingerprint density at radius 3 is 2.48 bits per heavy atom. The molecule has 0 spiro atoms. The Bertz CT molecular complexity index is 593. The molecule has 1 unspecified atom stereocenters. The molecule has 7 heteroatoms. The molecule has 1 fully saturated rings. The van der Waals surface area contributed by atoms with Gasteiger partial charge in [-0.05, 0) is 44.9 Å². The van der Waals surface area contributed by atoms with E-state index in [0.29, 0.717) is 25.1 Å². The van der Waals surface area contributed by atoms with Crippen LogP contribution >= 0.6 is 0 Å². The lowest BCUT2D eigenvalue weighted by atomic mass is 9.96. The van der Waals surface area contributed by atoms with Gasteiger partial charge in [0, 0.05) is 19.0 Å². The van der Waals surface area contributed by atoms with Gasteiger partial charge in [-0.3, -0.25) is 0 Å². The first-order valence-corrected chi connectivity index (χ1v) is 7.35. The van der Waals surface area contributed by atoms with E-state index in [1.165, 1.54) is 11.0 Å². The number of amides is 1. The first kappa shape index (κ1) is 17.4. The number of aromatic hydroxyl groups is 1. The second-order valence-corrected chi connectivity index (χ2v) is 6.68. The van der Waals surface area contributed by atoms with Crippen LogP contribution in [-0.4, -0.2) is 34.8 Å². The summed E-state index contributed by atoms with van der Waals surface area (Å²) in [6.07, 6.45) is -4.38. The highest BCUT2D eigenvalue weighted by Crippen LogP contribution is 2.38. The molecule has 1 aromatic rings. The van der Waals surface area contributed by atoms with E-state index in [9.17, 15) is 23.1 Å². The van der Waals surface area contributed by atoms with Crippen LogP contribution in [0.2, 0.25) is 0 Å². The number of likely N-dealkylation sites (tertiary alicyclic amines) is 1. The van der Waals surface area contributed by atoms with Crippen LogP contribution in [0.15, 0.2) is 18.2 Å². The topological polar surface area (TPSA) is 49.8 Å². The number of hydrogen-bond acceptors (Lipinski definition) is 3. The van der Waals surface area contributed by atoms with Gasteiger partial charge in [0.1, 0.15) is 11.4 Å². The summed E-state index contributed by atoms with van der Waals surface area (Å²) in [6.45, 7) is 6.05. The van der Waals surface area contributed by atoms with Gasteiger partial charge in [0.25, 0.3) is 0 Å². The fraction of sp³-hybridized carbons (Fsp3) is 0.562. The van der Waals surface area contributed by atoms with Gasteiger partial charge in [-0.2, -0.15) is 13.2 Å². The zero-order valence-electron chi connectivity index (χ0n) is 13.3. The molecule has 1 saturated heterocycles. The summed E-state index contributed by atoms with van der Waals surface area (Å²) in [5.74, 6) is -0.597. The van der Waals surface area contributed by atoms with Gasteiger partial charge in [-0.25, -0.2) is 4.79 Å². The highest BCUT2D eigenvalue weighted by atomic mass is 19.4. The second kappa shape index (κ2) is 5.94. The lowest BCUT2D eigenvalue weighted by Crippen LogP contribution is -2.35. The van der Waals surface area contributed by atoms with Crippen molar-refractivity contribution in [1.29, 1.82) is 0 Å². The molecule has 23 heavy (non-hydrogen) atoms. The maximum atomic E-state index is 12.6. The number of hydrogen-bond donors (Lipinski definition) is 1. The normalized spacial score (nSPS) is 19.0. The van der Waals surface area contributed by atoms with E-state index < -0.39 is 29.2 Å². The minimum Gasteiger partial charge on any atom is -0.508 e. The first-order chi connectivity index (χ1) is 10.5. The summed E-state index contributed by atoms with van der Waals surface area (Å²) < 4.78 is 43.1. The number of rotatable bonds is 1. The number of benzene rings is 1. The van der Waals surface area contributed by atoms with Gasteiger partial charge in [-0.1, -0.05) is 6.07 Å². The fourth-order valence-electron chi connectivity index (χ4n) is 2.57. The van der Waals surface area contributed by atoms with Gasteiger partial charge < -0.3 is 14.7 Å². The van der Waals surface area contributed by atoms with Gasteiger partial charge in [0.05, 0.1) is 5.56 Å². The SMILES string of the molecule is CC(C)(C)OC(=O)N1CCC(c2ccc(C(F)(F)F)cc2O)C1. The van der Waals surface area contributed by atoms with Crippen LogP contribution in [0.4, 0.5) is 18.0 Å². The molecule has 1 aliphatic rings. The summed E-state index contributed by atoms with van der Waals surface area (Å²) in [6, 6.07) is 2.96. The third-order valence-electron chi connectivity index (χ3n) is 3.64. The summed E-state index contributed by atoms with van der Waals surface area (Å²) in [7, 11) is 0. The molecule has 0 aliphatic carbocycles. The zero-order chi connectivity index (χ0) is 17.4.